The summed E-state index contributed by atoms with van der Waals surface area (Å²) in [5, 5.41) is 5.81. The van der Waals surface area contributed by atoms with Crippen LogP contribution in [0.2, 0.25) is 0 Å². The molecule has 2 heterocycles. The topological polar surface area (TPSA) is 30.5 Å². The Morgan fingerprint density at radius 1 is 1.47 bits per heavy atom. The third-order valence-corrected chi connectivity index (χ3v) is 4.76. The molecule has 0 aliphatic carbocycles. The van der Waals surface area contributed by atoms with Crippen LogP contribution in [0.15, 0.2) is 11.4 Å². The van der Waals surface area contributed by atoms with Crippen molar-refractivity contribution in [3.05, 3.63) is 16.3 Å². The van der Waals surface area contributed by atoms with Crippen molar-refractivity contribution in [1.82, 2.24) is 5.32 Å². The van der Waals surface area contributed by atoms with Crippen molar-refractivity contribution in [3.8, 4) is 5.75 Å². The van der Waals surface area contributed by atoms with Gasteiger partial charge in [-0.25, -0.2) is 0 Å². The van der Waals surface area contributed by atoms with Gasteiger partial charge in [0.2, 0.25) is 0 Å². The molecule has 1 aromatic heterocycles. The van der Waals surface area contributed by atoms with Crippen molar-refractivity contribution in [2.75, 3.05) is 26.9 Å². The summed E-state index contributed by atoms with van der Waals surface area (Å²) in [7, 11) is 1.76. The number of rotatable bonds is 7. The standard InChI is InChI=1S/C15H25NO2S/c1-3-7-16-13(11-12-4-8-18-9-5-12)15-14(17-2)6-10-19-15/h6,10,12-13,16H,3-5,7-9,11H2,1-2H3. The third kappa shape index (κ3) is 4.20. The van der Waals surface area contributed by atoms with Gasteiger partial charge in [-0.3, -0.25) is 0 Å². The molecule has 1 saturated heterocycles. The van der Waals surface area contributed by atoms with Crippen LogP contribution < -0.4 is 10.1 Å². The lowest BCUT2D eigenvalue weighted by atomic mass is 9.91. The van der Waals surface area contributed by atoms with Gasteiger partial charge in [0.15, 0.2) is 0 Å². The van der Waals surface area contributed by atoms with E-state index in [0.717, 1.165) is 37.8 Å². The minimum atomic E-state index is 0.429. The Labute approximate surface area is 120 Å². The molecular weight excluding hydrogens is 258 g/mol. The van der Waals surface area contributed by atoms with Gasteiger partial charge in [-0.1, -0.05) is 6.92 Å². The fourth-order valence-electron chi connectivity index (χ4n) is 2.65. The predicted octanol–water partition coefficient (Wildman–Crippen LogP) is 3.61. The molecule has 0 bridgehead atoms. The molecule has 2 rings (SSSR count). The van der Waals surface area contributed by atoms with Crippen molar-refractivity contribution in [1.29, 1.82) is 0 Å². The van der Waals surface area contributed by atoms with Crippen LogP contribution in [-0.2, 0) is 4.74 Å². The number of hydrogen-bond donors (Lipinski definition) is 1. The average Bonchev–Trinajstić information content (AvgIpc) is 2.93. The van der Waals surface area contributed by atoms with Gasteiger partial charge in [-0.2, -0.15) is 0 Å². The highest BCUT2D eigenvalue weighted by Gasteiger charge is 2.23. The Kier molecular flexibility index (Phi) is 6.14. The maximum absolute atomic E-state index is 5.48. The highest BCUT2D eigenvalue weighted by Crippen LogP contribution is 2.36. The molecular formula is C15H25NO2S. The van der Waals surface area contributed by atoms with Gasteiger partial charge in [0.25, 0.3) is 0 Å². The zero-order valence-electron chi connectivity index (χ0n) is 12.0. The number of hydrogen-bond acceptors (Lipinski definition) is 4. The molecule has 0 spiro atoms. The summed E-state index contributed by atoms with van der Waals surface area (Å²) in [6, 6.07) is 2.50. The van der Waals surface area contributed by atoms with Gasteiger partial charge >= 0.3 is 0 Å². The van der Waals surface area contributed by atoms with E-state index >= 15 is 0 Å². The maximum atomic E-state index is 5.48. The summed E-state index contributed by atoms with van der Waals surface area (Å²) in [5.74, 6) is 1.81. The van der Waals surface area contributed by atoms with E-state index in [1.54, 1.807) is 18.4 Å². The second-order valence-electron chi connectivity index (χ2n) is 5.15. The monoisotopic (exact) mass is 283 g/mol. The Balaban J connectivity index is 2.01. The molecule has 1 aromatic rings. The zero-order valence-corrected chi connectivity index (χ0v) is 12.8. The van der Waals surface area contributed by atoms with Crippen LogP contribution >= 0.6 is 11.3 Å². The molecule has 4 heteroatoms. The van der Waals surface area contributed by atoms with Crippen LogP contribution in [-0.4, -0.2) is 26.9 Å². The molecule has 0 radical (unpaired) electrons. The fraction of sp³-hybridized carbons (Fsp3) is 0.733. The van der Waals surface area contributed by atoms with E-state index in [1.807, 2.05) is 0 Å². The number of ether oxygens (including phenoxy) is 2. The van der Waals surface area contributed by atoms with Crippen LogP contribution in [0.5, 0.6) is 5.75 Å². The molecule has 1 aliphatic heterocycles. The van der Waals surface area contributed by atoms with E-state index in [2.05, 4.69) is 23.7 Å². The fourth-order valence-corrected chi connectivity index (χ4v) is 3.60. The van der Waals surface area contributed by atoms with Crippen LogP contribution in [0.1, 0.15) is 43.5 Å². The molecule has 0 aromatic carbocycles. The van der Waals surface area contributed by atoms with E-state index in [0.29, 0.717) is 6.04 Å². The molecule has 1 unspecified atom stereocenters. The Bertz CT molecular complexity index is 361. The number of nitrogens with one attached hydrogen (secondary N) is 1. The minimum absolute atomic E-state index is 0.429. The Morgan fingerprint density at radius 3 is 2.95 bits per heavy atom. The van der Waals surface area contributed by atoms with Crippen LogP contribution in [0.4, 0.5) is 0 Å². The van der Waals surface area contributed by atoms with E-state index < -0.39 is 0 Å². The Hall–Kier alpha value is -0.580. The predicted molar refractivity (Wildman–Crippen MR) is 80.1 cm³/mol. The number of thiophene rings is 1. The molecule has 19 heavy (non-hydrogen) atoms. The van der Waals surface area contributed by atoms with Crippen molar-refractivity contribution in [3.63, 3.8) is 0 Å². The number of methoxy groups -OCH3 is 1. The zero-order chi connectivity index (χ0) is 13.5. The molecule has 1 fully saturated rings. The van der Waals surface area contributed by atoms with Crippen LogP contribution in [0, 0.1) is 5.92 Å². The maximum Gasteiger partial charge on any atom is 0.134 e. The van der Waals surface area contributed by atoms with Gasteiger partial charge in [-0.05, 0) is 49.6 Å². The normalized spacial score (nSPS) is 18.4. The van der Waals surface area contributed by atoms with Crippen molar-refractivity contribution in [2.24, 2.45) is 5.92 Å². The highest BCUT2D eigenvalue weighted by atomic mass is 32.1. The molecule has 0 amide bonds. The smallest absolute Gasteiger partial charge is 0.134 e. The highest BCUT2D eigenvalue weighted by molar-refractivity contribution is 7.10. The van der Waals surface area contributed by atoms with Crippen molar-refractivity contribution in [2.45, 2.75) is 38.6 Å². The lowest BCUT2D eigenvalue weighted by Gasteiger charge is -2.27. The van der Waals surface area contributed by atoms with Gasteiger partial charge < -0.3 is 14.8 Å². The quantitative estimate of drug-likeness (QED) is 0.829. The van der Waals surface area contributed by atoms with Gasteiger partial charge in [0.05, 0.1) is 12.0 Å². The van der Waals surface area contributed by atoms with E-state index in [4.69, 9.17) is 9.47 Å². The summed E-state index contributed by atoms with van der Waals surface area (Å²) in [6.45, 7) is 5.12. The van der Waals surface area contributed by atoms with Crippen LogP contribution in [0.3, 0.4) is 0 Å². The van der Waals surface area contributed by atoms with Crippen LogP contribution in [0.25, 0.3) is 0 Å². The summed E-state index contributed by atoms with van der Waals surface area (Å²) < 4.78 is 10.9. The SMILES string of the molecule is CCCNC(CC1CCOCC1)c1sccc1OC. The molecule has 1 atom stereocenters. The van der Waals surface area contributed by atoms with Gasteiger partial charge in [0.1, 0.15) is 5.75 Å². The van der Waals surface area contributed by atoms with E-state index in [1.165, 1.54) is 24.1 Å². The third-order valence-electron chi connectivity index (χ3n) is 3.74. The first-order chi connectivity index (χ1) is 9.35. The largest absolute Gasteiger partial charge is 0.496 e. The second kappa shape index (κ2) is 7.88. The van der Waals surface area contributed by atoms with Crippen molar-refractivity contribution >= 4 is 11.3 Å². The summed E-state index contributed by atoms with van der Waals surface area (Å²) >= 11 is 1.80. The minimum Gasteiger partial charge on any atom is -0.496 e. The molecule has 0 saturated carbocycles. The lowest BCUT2D eigenvalue weighted by Crippen LogP contribution is -2.26. The van der Waals surface area contributed by atoms with E-state index in [-0.39, 0.29) is 0 Å². The first-order valence-electron chi connectivity index (χ1n) is 7.27. The summed E-state index contributed by atoms with van der Waals surface area (Å²) in [6.07, 6.45) is 4.74. The molecule has 108 valence electrons. The first kappa shape index (κ1) is 14.8. The summed E-state index contributed by atoms with van der Waals surface area (Å²) in [5.41, 5.74) is 0. The van der Waals surface area contributed by atoms with E-state index in [9.17, 15) is 0 Å². The van der Waals surface area contributed by atoms with Gasteiger partial charge in [-0.15, -0.1) is 11.3 Å². The Morgan fingerprint density at radius 2 is 2.26 bits per heavy atom. The summed E-state index contributed by atoms with van der Waals surface area (Å²) in [4.78, 5) is 1.35. The van der Waals surface area contributed by atoms with Crippen molar-refractivity contribution < 1.29 is 9.47 Å². The molecule has 1 N–H and O–H groups in total. The average molecular weight is 283 g/mol. The lowest BCUT2D eigenvalue weighted by molar-refractivity contribution is 0.0605. The first-order valence-corrected chi connectivity index (χ1v) is 8.15. The second-order valence-corrected chi connectivity index (χ2v) is 6.10. The molecule has 3 nitrogen and oxygen atoms in total. The molecule has 1 aliphatic rings. The van der Waals surface area contributed by atoms with Gasteiger partial charge in [0, 0.05) is 19.3 Å².